The third kappa shape index (κ3) is 3.83. The largest absolute Gasteiger partial charge is 0.454 e. The van der Waals surface area contributed by atoms with Gasteiger partial charge in [0.2, 0.25) is 0 Å². The number of rotatable bonds is 5. The first kappa shape index (κ1) is 19.8. The third-order valence-electron chi connectivity index (χ3n) is 4.48. The molecule has 28 heavy (non-hydrogen) atoms. The van der Waals surface area contributed by atoms with Crippen LogP contribution in [0, 0.1) is 0 Å². The molecule has 1 fully saturated rings. The first-order chi connectivity index (χ1) is 13.1. The maximum absolute atomic E-state index is 12.3. The number of nitrogens with one attached hydrogen (secondary N) is 1. The van der Waals surface area contributed by atoms with E-state index in [1.54, 1.807) is 0 Å². The van der Waals surface area contributed by atoms with E-state index in [1.165, 1.54) is 29.6 Å². The molecular weight excluding hydrogens is 394 g/mol. The number of fused-ring (bicyclic) bond motifs is 1. The highest BCUT2D eigenvalue weighted by Gasteiger charge is 2.29. The van der Waals surface area contributed by atoms with Crippen molar-refractivity contribution in [1.82, 2.24) is 24.0 Å². The summed E-state index contributed by atoms with van der Waals surface area (Å²) in [5.74, 6) is -1.51. The van der Waals surface area contributed by atoms with Gasteiger partial charge in [0.15, 0.2) is 27.6 Å². The molecule has 0 radical (unpaired) electrons. The molecule has 0 bridgehead atoms. The Hall–Kier alpha value is -2.96. The van der Waals surface area contributed by atoms with E-state index in [0.29, 0.717) is 6.42 Å². The van der Waals surface area contributed by atoms with Crippen LogP contribution in [0.4, 0.5) is 0 Å². The molecule has 0 aliphatic carbocycles. The lowest BCUT2D eigenvalue weighted by atomic mass is 10.2. The molecule has 1 N–H and O–H groups in total. The molecule has 12 nitrogen and oxygen atoms in total. The maximum Gasteiger partial charge on any atom is 0.332 e. The molecule has 1 saturated heterocycles. The van der Waals surface area contributed by atoms with Crippen LogP contribution in [0.1, 0.15) is 6.42 Å². The van der Waals surface area contributed by atoms with Crippen LogP contribution < -0.4 is 16.6 Å². The monoisotopic (exact) mass is 413 g/mol. The minimum atomic E-state index is -3.13. The van der Waals surface area contributed by atoms with Gasteiger partial charge in [-0.15, -0.1) is 0 Å². The van der Waals surface area contributed by atoms with Gasteiger partial charge in [0.25, 0.3) is 11.5 Å². The third-order valence-corrected chi connectivity index (χ3v) is 6.25. The normalized spacial score (nSPS) is 18.3. The first-order valence-electron chi connectivity index (χ1n) is 8.35. The van der Waals surface area contributed by atoms with Crippen molar-refractivity contribution in [2.45, 2.75) is 19.0 Å². The summed E-state index contributed by atoms with van der Waals surface area (Å²) in [6, 6.07) is -0.488. The van der Waals surface area contributed by atoms with Crippen molar-refractivity contribution in [3.63, 3.8) is 0 Å². The molecule has 0 aromatic carbocycles. The molecular formula is C15H19N5O7S. The Morgan fingerprint density at radius 2 is 2.00 bits per heavy atom. The molecule has 1 atom stereocenters. The van der Waals surface area contributed by atoms with Gasteiger partial charge in [0, 0.05) is 20.1 Å². The molecule has 152 valence electrons. The van der Waals surface area contributed by atoms with E-state index in [9.17, 15) is 27.6 Å². The Morgan fingerprint density at radius 3 is 2.64 bits per heavy atom. The quantitative estimate of drug-likeness (QED) is 0.519. The summed E-state index contributed by atoms with van der Waals surface area (Å²) in [4.78, 5) is 52.0. The number of hydrogen-bond acceptors (Lipinski definition) is 8. The molecule has 2 aromatic heterocycles. The summed E-state index contributed by atoms with van der Waals surface area (Å²) in [6.07, 6.45) is 1.56. The van der Waals surface area contributed by atoms with Crippen molar-refractivity contribution >= 4 is 32.9 Å². The molecule has 2 aromatic rings. The maximum atomic E-state index is 12.3. The summed E-state index contributed by atoms with van der Waals surface area (Å²) >= 11 is 0. The van der Waals surface area contributed by atoms with Gasteiger partial charge in [-0.3, -0.25) is 23.5 Å². The number of aryl methyl sites for hydroxylation is 1. The topological polar surface area (TPSA) is 151 Å². The second kappa shape index (κ2) is 7.22. The summed E-state index contributed by atoms with van der Waals surface area (Å²) < 4.78 is 31.0. The molecule has 0 saturated carbocycles. The SMILES string of the molecule is Cn1c(=O)c2c(ncn2CC(=O)OCC(=O)N[C@H]2CCS(=O)(=O)C2)n(C)c1=O. The van der Waals surface area contributed by atoms with Gasteiger partial charge in [0.05, 0.1) is 17.8 Å². The number of esters is 1. The molecule has 0 spiro atoms. The number of sulfone groups is 1. The highest BCUT2D eigenvalue weighted by Crippen LogP contribution is 2.11. The zero-order valence-electron chi connectivity index (χ0n) is 15.2. The average molecular weight is 413 g/mol. The zero-order valence-corrected chi connectivity index (χ0v) is 16.1. The number of ether oxygens (including phenoxy) is 1. The number of hydrogen-bond donors (Lipinski definition) is 1. The zero-order chi connectivity index (χ0) is 20.6. The van der Waals surface area contributed by atoms with Crippen LogP contribution in [-0.2, 0) is 44.8 Å². The van der Waals surface area contributed by atoms with Crippen molar-refractivity contribution < 1.29 is 22.7 Å². The van der Waals surface area contributed by atoms with Gasteiger partial charge in [-0.05, 0) is 6.42 Å². The summed E-state index contributed by atoms with van der Waals surface area (Å²) in [7, 11) is -0.366. The average Bonchev–Trinajstić information content (AvgIpc) is 3.19. The highest BCUT2D eigenvalue weighted by atomic mass is 32.2. The van der Waals surface area contributed by atoms with Crippen LogP contribution in [0.15, 0.2) is 15.9 Å². The second-order valence-corrected chi connectivity index (χ2v) is 8.81. The lowest BCUT2D eigenvalue weighted by molar-refractivity contribution is -0.149. The summed E-state index contributed by atoms with van der Waals surface area (Å²) in [5, 5.41) is 2.50. The predicted octanol–water partition coefficient (Wildman–Crippen LogP) is -2.72. The number of aromatic nitrogens is 4. The number of amides is 1. The van der Waals surface area contributed by atoms with Crippen molar-refractivity contribution in [3.8, 4) is 0 Å². The Labute approximate surface area is 158 Å². The lowest BCUT2D eigenvalue weighted by Gasteiger charge is -2.11. The molecule has 1 amide bonds. The lowest BCUT2D eigenvalue weighted by Crippen LogP contribution is -2.39. The molecule has 3 heterocycles. The van der Waals surface area contributed by atoms with Crippen LogP contribution in [0.25, 0.3) is 11.2 Å². The second-order valence-electron chi connectivity index (χ2n) is 6.58. The van der Waals surface area contributed by atoms with Crippen molar-refractivity contribution in [1.29, 1.82) is 0 Å². The minimum Gasteiger partial charge on any atom is -0.454 e. The van der Waals surface area contributed by atoms with Crippen LogP contribution in [-0.4, -0.2) is 63.1 Å². The van der Waals surface area contributed by atoms with Gasteiger partial charge >= 0.3 is 11.7 Å². The summed E-state index contributed by atoms with van der Waals surface area (Å²) in [6.45, 7) is -0.951. The standard InChI is InChI=1S/C15H19N5O7S/c1-18-13-12(14(23)19(2)15(18)24)20(8-16-13)5-11(22)27-6-10(21)17-9-3-4-28(25,26)7-9/h8-9H,3-7H2,1-2H3,(H,17,21)/t9-/m0/s1. The smallest absolute Gasteiger partial charge is 0.332 e. The van der Waals surface area contributed by atoms with Crippen molar-refractivity contribution in [2.75, 3.05) is 18.1 Å². The van der Waals surface area contributed by atoms with Gasteiger partial charge in [0.1, 0.15) is 6.54 Å². The molecule has 0 unspecified atom stereocenters. The van der Waals surface area contributed by atoms with E-state index in [2.05, 4.69) is 10.3 Å². The number of nitrogens with zero attached hydrogens (tertiary/aromatic N) is 4. The van der Waals surface area contributed by atoms with Crippen LogP contribution in [0.3, 0.4) is 0 Å². The fourth-order valence-electron chi connectivity index (χ4n) is 3.03. The minimum absolute atomic E-state index is 0.0168. The first-order valence-corrected chi connectivity index (χ1v) is 10.2. The van der Waals surface area contributed by atoms with E-state index >= 15 is 0 Å². The Morgan fingerprint density at radius 1 is 1.29 bits per heavy atom. The van der Waals surface area contributed by atoms with Gasteiger partial charge in [-0.25, -0.2) is 18.2 Å². The Balaban J connectivity index is 1.63. The Kier molecular flexibility index (Phi) is 5.10. The number of imidazole rings is 1. The summed E-state index contributed by atoms with van der Waals surface area (Å²) in [5.41, 5.74) is -0.970. The Bertz CT molecular complexity index is 1170. The van der Waals surface area contributed by atoms with Crippen LogP contribution >= 0.6 is 0 Å². The van der Waals surface area contributed by atoms with E-state index in [4.69, 9.17) is 4.74 Å². The number of carbonyl (C=O) groups excluding carboxylic acids is 2. The van der Waals surface area contributed by atoms with Gasteiger partial charge in [-0.1, -0.05) is 0 Å². The molecule has 1 aliphatic heterocycles. The van der Waals surface area contributed by atoms with Gasteiger partial charge < -0.3 is 14.6 Å². The van der Waals surface area contributed by atoms with E-state index < -0.39 is 45.6 Å². The van der Waals surface area contributed by atoms with Crippen LogP contribution in [0.5, 0.6) is 0 Å². The van der Waals surface area contributed by atoms with E-state index in [1.807, 2.05) is 0 Å². The fourth-order valence-corrected chi connectivity index (χ4v) is 4.70. The molecule has 3 rings (SSSR count). The fraction of sp³-hybridized carbons (Fsp3) is 0.533. The molecule has 13 heteroatoms. The predicted molar refractivity (Wildman–Crippen MR) is 96.4 cm³/mol. The van der Waals surface area contributed by atoms with E-state index in [0.717, 1.165) is 4.57 Å². The van der Waals surface area contributed by atoms with Crippen molar-refractivity contribution in [3.05, 3.63) is 27.2 Å². The molecule has 1 aliphatic rings. The van der Waals surface area contributed by atoms with Crippen molar-refractivity contribution in [2.24, 2.45) is 14.1 Å². The highest BCUT2D eigenvalue weighted by molar-refractivity contribution is 7.91. The van der Waals surface area contributed by atoms with E-state index in [-0.39, 0.29) is 29.2 Å². The van der Waals surface area contributed by atoms with Gasteiger partial charge in [-0.2, -0.15) is 0 Å². The van der Waals surface area contributed by atoms with Crippen LogP contribution in [0.2, 0.25) is 0 Å². The number of carbonyl (C=O) groups is 2.